The first-order valence-corrected chi connectivity index (χ1v) is 46.3. The van der Waals surface area contributed by atoms with Gasteiger partial charge in [-0.05, 0) is 217 Å². The number of hydrogen-bond acceptors (Lipinski definition) is 18. The Hall–Kier alpha value is -11.7. The number of halogens is 3. The maximum absolute atomic E-state index is 14.1. The molecule has 24 heteroatoms. The number of carbonyl (C=O) groups is 7. The molecule has 0 bridgehead atoms. The number of hydroxylamine groups is 1. The van der Waals surface area contributed by atoms with Crippen LogP contribution in [0.1, 0.15) is 374 Å². The van der Waals surface area contributed by atoms with Crippen LogP contribution in [-0.2, 0) is 89.1 Å². The van der Waals surface area contributed by atoms with Gasteiger partial charge in [0.1, 0.15) is 28.9 Å². The summed E-state index contributed by atoms with van der Waals surface area (Å²) in [6.45, 7) is 64.1. The van der Waals surface area contributed by atoms with Crippen LogP contribution >= 0.6 is 0 Å². The van der Waals surface area contributed by atoms with E-state index in [0.29, 0.717) is 46.2 Å². The lowest BCUT2D eigenvalue weighted by atomic mass is 9.86. The topological polar surface area (TPSA) is 277 Å². The van der Waals surface area contributed by atoms with E-state index in [1.807, 2.05) is 218 Å². The lowest BCUT2D eigenvalue weighted by Gasteiger charge is -2.26. The molecule has 0 saturated heterocycles. The molecule has 21 nitrogen and oxygen atoms in total. The molecule has 9 aromatic rings. The number of amides is 3. The Balaban J connectivity index is -0.000000389. The number of ether oxygens (including phenoxy) is 6. The van der Waals surface area contributed by atoms with Gasteiger partial charge in [-0.1, -0.05) is 352 Å². The Morgan fingerprint density at radius 1 is 0.386 bits per heavy atom. The molecule has 0 spiro atoms. The number of hydrogen-bond donors (Lipinski definition) is 6. The van der Waals surface area contributed by atoms with Crippen molar-refractivity contribution in [2.24, 2.45) is 5.92 Å². The van der Waals surface area contributed by atoms with Crippen LogP contribution < -0.4 is 41.1 Å². The summed E-state index contributed by atoms with van der Waals surface area (Å²) < 4.78 is 71.8. The quantitative estimate of drug-likeness (QED) is 0.0209. The molecule has 0 aliphatic rings. The third-order valence-electron chi connectivity index (χ3n) is 20.5. The van der Waals surface area contributed by atoms with Gasteiger partial charge in [0.2, 0.25) is 5.88 Å². The molecule has 0 radical (unpaired) electrons. The van der Waals surface area contributed by atoms with Crippen LogP contribution in [0.15, 0.2) is 206 Å². The number of aromatic nitrogens is 1. The van der Waals surface area contributed by atoms with Crippen molar-refractivity contribution >= 4 is 41.6 Å². The predicted molar refractivity (Wildman–Crippen MR) is 597 cm³/mol. The van der Waals surface area contributed by atoms with Crippen LogP contribution in [0.2, 0.25) is 0 Å². The molecule has 0 fully saturated rings. The molecule has 145 heavy (non-hydrogen) atoms. The van der Waals surface area contributed by atoms with Gasteiger partial charge in [-0.2, -0.15) is 5.48 Å². The predicted octanol–water partition coefficient (Wildman–Crippen LogP) is 28.5. The lowest BCUT2D eigenvalue weighted by molar-refractivity contribution is -0.159. The molecule has 0 saturated carbocycles. The van der Waals surface area contributed by atoms with Crippen molar-refractivity contribution in [1.82, 2.24) is 31.7 Å². The Labute approximate surface area is 874 Å². The minimum absolute atomic E-state index is 0. The number of methoxy groups -OCH3 is 3. The average molecular weight is 2020 g/mol. The van der Waals surface area contributed by atoms with Gasteiger partial charge in [0.25, 0.3) is 17.7 Å². The Morgan fingerprint density at radius 2 is 0.772 bits per heavy atom. The number of rotatable bonds is 22. The first-order chi connectivity index (χ1) is 63.0. The van der Waals surface area contributed by atoms with Gasteiger partial charge < -0.3 is 54.3 Å². The highest BCUT2D eigenvalue weighted by Gasteiger charge is 2.32. The summed E-state index contributed by atoms with van der Waals surface area (Å²) in [5.41, 5.74) is 11.8. The van der Waals surface area contributed by atoms with Gasteiger partial charge in [0, 0.05) is 47.6 Å². The fourth-order valence-electron chi connectivity index (χ4n) is 12.4. The summed E-state index contributed by atoms with van der Waals surface area (Å²) in [6.07, 6.45) is 1.86. The molecule has 0 aliphatic heterocycles. The van der Waals surface area contributed by atoms with Crippen molar-refractivity contribution in [2.45, 2.75) is 367 Å². The van der Waals surface area contributed by atoms with Crippen molar-refractivity contribution in [3.8, 4) is 17.4 Å². The molecule has 1 aromatic heterocycles. The van der Waals surface area contributed by atoms with Gasteiger partial charge >= 0.3 is 23.9 Å². The average Bonchev–Trinajstić information content (AvgIpc) is 0.801. The van der Waals surface area contributed by atoms with Crippen molar-refractivity contribution in [3.63, 3.8) is 0 Å². The summed E-state index contributed by atoms with van der Waals surface area (Å²) in [5, 5.41) is 20.4. The molecular formula is C121H189F3N6O15. The number of nitrogens with zero attached hydrogens (tertiary/aromatic N) is 1. The molecule has 1 heterocycles. The zero-order valence-corrected chi connectivity index (χ0v) is 88.0. The summed E-state index contributed by atoms with van der Waals surface area (Å²) >= 11 is 0. The third kappa shape index (κ3) is 53.3. The molecule has 3 atom stereocenters. The van der Waals surface area contributed by atoms with Crippen molar-refractivity contribution in [1.29, 1.82) is 0 Å². The van der Waals surface area contributed by atoms with E-state index in [-0.39, 0.29) is 140 Å². The fraction of sp³-hybridized carbons (Fsp3) is 0.504. The zero-order chi connectivity index (χ0) is 104. The highest BCUT2D eigenvalue weighted by molar-refractivity contribution is 5.98. The highest BCUT2D eigenvalue weighted by atomic mass is 19.2. The number of pyridine rings is 1. The maximum Gasteiger partial charge on any atom is 0.330 e. The Kier molecular flexibility index (Phi) is 63.2. The van der Waals surface area contributed by atoms with Crippen molar-refractivity contribution in [2.75, 3.05) is 34.5 Å². The fourth-order valence-corrected chi connectivity index (χ4v) is 12.4. The number of para-hydroxylation sites is 1. The molecule has 6 N–H and O–H groups in total. The van der Waals surface area contributed by atoms with Crippen LogP contribution in [0.4, 0.5) is 13.2 Å². The molecule has 3 unspecified atom stereocenters. The first kappa shape index (κ1) is 144. The Morgan fingerprint density at radius 3 is 1.13 bits per heavy atom. The van der Waals surface area contributed by atoms with Crippen LogP contribution in [0, 0.1) is 23.4 Å². The van der Waals surface area contributed by atoms with Gasteiger partial charge in [-0.3, -0.25) is 24.5 Å². The van der Waals surface area contributed by atoms with Gasteiger partial charge in [0.15, 0.2) is 35.0 Å². The van der Waals surface area contributed by atoms with Gasteiger partial charge in [0.05, 0.1) is 34.5 Å². The van der Waals surface area contributed by atoms with Gasteiger partial charge in [-0.15, -0.1) is 0 Å². The highest BCUT2D eigenvalue weighted by Crippen LogP contribution is 2.32. The minimum Gasteiger partial charge on any atom is -0.494 e. The number of nitrogens with one attached hydrogen (secondary N) is 5. The number of aliphatic hydroxyl groups is 1. The second kappa shape index (κ2) is 63.6. The minimum atomic E-state index is -1.05. The maximum atomic E-state index is 14.1. The number of aliphatic hydroxyl groups excluding tert-OH is 1. The normalized spacial score (nSPS) is 11.7. The summed E-state index contributed by atoms with van der Waals surface area (Å²) in [7, 11) is 4.30. The first-order valence-electron chi connectivity index (χ1n) is 46.3. The van der Waals surface area contributed by atoms with E-state index in [2.05, 4.69) is 165 Å². The summed E-state index contributed by atoms with van der Waals surface area (Å²) in [5.74, 6) is -3.19. The number of benzene rings is 8. The Bertz CT molecular complexity index is 5240. The van der Waals surface area contributed by atoms with Crippen LogP contribution in [-0.4, -0.2) is 115 Å². The van der Waals surface area contributed by atoms with Gasteiger partial charge in [-0.25, -0.2) is 32.5 Å². The molecule has 0 aliphatic carbocycles. The molecule has 814 valence electrons. The monoisotopic (exact) mass is 2020 g/mol. The number of esters is 4. The van der Waals surface area contributed by atoms with E-state index in [0.717, 1.165) is 27.8 Å². The standard InChI is InChI=1S/C23H31NO2.C20H31NO3.C17H25F2NO2.C17H19NO2.C15H21NO4.C11H15FO.C10H15NO.8CH4/c1-22(2,3)19-14-12-17(13-15-19)16-24-20(18-10-8-7-9-11-18)21(25)26-23(4,5)6;1-13(2)16(18(23)24-20(6,7)8)21-17(22)14-9-11-15(12-10-14)19(3,4)5;1-16(2,3)12-8-7-11(14(18)15(12)19)9-20-10-13(21)22-17(4,5)6;1-17(2,3)14-11-9-13(10-12-14)16(19)18-20-15-7-5-4-6-8-15;1-15(2,3)11-7-5-10(6-8-11)13(18)16-12(9-17)14(19)20-4;1-11(2,3)8-5-6-10(13-4)9(12)7-8;1-10(2,3)8-5-6-9(12-4)11-7-8;;;;;;;;/h7-15,20,24H,16H2,1-6H3;9-13,16H,1-8H3,(H,21,22);7-8,20H,9-10H2,1-6H3;4-12H,1-3H3,(H,18,19);5-8,12,17H,9H2,1-4H3,(H,16,18);5-7H,1-4H3;5-7H,1-4H3;8*1H4. The van der Waals surface area contributed by atoms with E-state index in [1.54, 1.807) is 82.5 Å². The largest absolute Gasteiger partial charge is 0.494 e. The molecule has 9 rings (SSSR count). The SMILES string of the molecule is C.C.C.C.C.C.C.C.CC(C)(C)OC(=O)C(NCc1ccc(C(C)(C)C)cc1)c1ccccc1.CC(C)(C)OC(=O)CNCc1ccc(C(C)(C)C)c(F)c1F.CC(C)(C)c1ccc(C(=O)NOc2ccccc2)cc1.CC(C)C(NC(=O)c1ccc(C(C)(C)C)cc1)C(=O)OC(C)(C)C.COC(=O)C(CO)NC(=O)c1ccc(C(C)(C)C)cc1.COc1ccc(C(C)(C)C)cc1F.COc1ccc(C(C)(C)C)cn1. The second-order valence-corrected chi connectivity index (χ2v) is 43.8. The van der Waals surface area contributed by atoms with E-state index >= 15 is 0 Å². The molecular weight excluding hydrogens is 1830 g/mol. The van der Waals surface area contributed by atoms with Crippen LogP contribution in [0.5, 0.6) is 17.4 Å². The molecule has 8 aromatic carbocycles. The lowest BCUT2D eigenvalue weighted by Crippen LogP contribution is -2.47. The summed E-state index contributed by atoms with van der Waals surface area (Å²) in [4.78, 5) is 93.6. The zero-order valence-electron chi connectivity index (χ0n) is 88.0. The van der Waals surface area contributed by atoms with Crippen molar-refractivity contribution in [3.05, 3.63) is 296 Å². The molecule has 3 amide bonds. The van der Waals surface area contributed by atoms with E-state index in [9.17, 15) is 46.7 Å². The van der Waals surface area contributed by atoms with Crippen LogP contribution in [0.3, 0.4) is 0 Å². The van der Waals surface area contributed by atoms with E-state index in [4.69, 9.17) is 33.6 Å². The smallest absolute Gasteiger partial charge is 0.330 e. The second-order valence-electron chi connectivity index (χ2n) is 43.8. The van der Waals surface area contributed by atoms with Crippen molar-refractivity contribution < 1.29 is 85.1 Å². The third-order valence-corrected chi connectivity index (χ3v) is 20.5. The van der Waals surface area contributed by atoms with E-state index < -0.39 is 82.4 Å². The number of carbonyl (C=O) groups excluding carboxylic acids is 7. The summed E-state index contributed by atoms with van der Waals surface area (Å²) in [6, 6.07) is 59.5. The van der Waals surface area contributed by atoms with E-state index in [1.165, 1.54) is 37.0 Å². The van der Waals surface area contributed by atoms with Crippen LogP contribution in [0.25, 0.3) is 0 Å².